The zero-order valence-corrected chi connectivity index (χ0v) is 20.9. The van der Waals surface area contributed by atoms with Gasteiger partial charge >= 0.3 is 0 Å². The Morgan fingerprint density at radius 1 is 1.00 bits per heavy atom. The van der Waals surface area contributed by atoms with Gasteiger partial charge in [0.1, 0.15) is 0 Å². The summed E-state index contributed by atoms with van der Waals surface area (Å²) in [5.74, 6) is 2.32. The van der Waals surface area contributed by atoms with E-state index in [4.69, 9.17) is 11.5 Å². The Morgan fingerprint density at radius 2 is 1.62 bits per heavy atom. The van der Waals surface area contributed by atoms with Crippen molar-refractivity contribution in [2.24, 2.45) is 35.1 Å². The van der Waals surface area contributed by atoms with Gasteiger partial charge in [0.05, 0.1) is 0 Å². The predicted molar refractivity (Wildman–Crippen MR) is 133 cm³/mol. The molecule has 6 unspecified atom stereocenters. The van der Waals surface area contributed by atoms with Crippen molar-refractivity contribution in [1.29, 1.82) is 0 Å². The monoisotopic (exact) mass is 406 g/mol. The summed E-state index contributed by atoms with van der Waals surface area (Å²) in [5, 5.41) is 0. The van der Waals surface area contributed by atoms with Crippen molar-refractivity contribution < 1.29 is 0 Å². The molecule has 0 aromatic carbocycles. The molecule has 0 radical (unpaired) electrons. The maximum Gasteiger partial charge on any atom is 0.0266 e. The minimum Gasteiger partial charge on any atom is -0.325 e. The molecule has 2 nitrogen and oxygen atoms in total. The van der Waals surface area contributed by atoms with E-state index in [9.17, 15) is 0 Å². The first-order chi connectivity index (χ1) is 13.8. The van der Waals surface area contributed by atoms with Crippen molar-refractivity contribution in [1.82, 2.24) is 0 Å². The Balaban J connectivity index is 0.00000184. The summed E-state index contributed by atoms with van der Waals surface area (Å²) in [4.78, 5) is 0. The lowest BCUT2D eigenvalue weighted by molar-refractivity contribution is 0.00854. The summed E-state index contributed by atoms with van der Waals surface area (Å²) in [6.07, 6.45) is 13.4. The van der Waals surface area contributed by atoms with E-state index in [2.05, 4.69) is 47.4 Å². The van der Waals surface area contributed by atoms with Crippen molar-refractivity contribution in [3.05, 3.63) is 25.3 Å². The van der Waals surface area contributed by atoms with Gasteiger partial charge in [0.15, 0.2) is 0 Å². The summed E-state index contributed by atoms with van der Waals surface area (Å²) >= 11 is 0. The van der Waals surface area contributed by atoms with Crippen LogP contribution < -0.4 is 11.5 Å². The van der Waals surface area contributed by atoms with Gasteiger partial charge < -0.3 is 11.5 Å². The van der Waals surface area contributed by atoms with Crippen LogP contribution in [0, 0.1) is 23.7 Å². The number of nitrogens with two attached hydrogens (primary N) is 2. The fourth-order valence-corrected chi connectivity index (χ4v) is 6.51. The summed E-state index contributed by atoms with van der Waals surface area (Å²) in [6.45, 7) is 23.6. The van der Waals surface area contributed by atoms with Gasteiger partial charge in [0.2, 0.25) is 0 Å². The summed E-state index contributed by atoms with van der Waals surface area (Å²) < 4.78 is 0. The van der Waals surface area contributed by atoms with E-state index in [1.165, 1.54) is 56.9 Å². The normalized spacial score (nSPS) is 34.1. The first kappa shape index (κ1) is 28.4. The fraction of sp³-hybridized carbons (Fsp3) is 0.852. The quantitative estimate of drug-likeness (QED) is 0.305. The number of hydrogen-bond donors (Lipinski definition) is 2. The van der Waals surface area contributed by atoms with Crippen LogP contribution in [0.1, 0.15) is 112 Å². The van der Waals surface area contributed by atoms with Gasteiger partial charge in [-0.3, -0.25) is 0 Å². The van der Waals surface area contributed by atoms with Gasteiger partial charge in [0, 0.05) is 11.1 Å². The zero-order valence-electron chi connectivity index (χ0n) is 20.9. The SMILES string of the molecule is C=C.C=C(CC)C1CCC2C1(N)CCC(C(C)CCC)C2(N)CCCCC.CC. The first-order valence-electron chi connectivity index (χ1n) is 12.6. The maximum absolute atomic E-state index is 7.34. The molecule has 0 amide bonds. The highest BCUT2D eigenvalue weighted by Gasteiger charge is 2.60. The number of rotatable bonds is 9. The lowest BCUT2D eigenvalue weighted by atomic mass is 9.53. The molecule has 2 aliphatic carbocycles. The molecule has 6 atom stereocenters. The molecule has 0 bridgehead atoms. The van der Waals surface area contributed by atoms with Crippen LogP contribution in [-0.2, 0) is 0 Å². The van der Waals surface area contributed by atoms with Crippen LogP contribution in [0.3, 0.4) is 0 Å². The van der Waals surface area contributed by atoms with Crippen molar-refractivity contribution in [2.45, 2.75) is 123 Å². The molecule has 2 rings (SSSR count). The average Bonchev–Trinajstić information content (AvgIpc) is 3.09. The van der Waals surface area contributed by atoms with E-state index in [0.29, 0.717) is 17.8 Å². The van der Waals surface area contributed by atoms with E-state index in [0.717, 1.165) is 25.2 Å². The molecule has 2 heteroatoms. The van der Waals surface area contributed by atoms with Gasteiger partial charge in [-0.1, -0.05) is 85.8 Å². The van der Waals surface area contributed by atoms with Crippen molar-refractivity contribution >= 4 is 0 Å². The lowest BCUT2D eigenvalue weighted by Gasteiger charge is -2.56. The fourth-order valence-electron chi connectivity index (χ4n) is 6.51. The second-order valence-electron chi connectivity index (χ2n) is 9.29. The van der Waals surface area contributed by atoms with Gasteiger partial charge in [-0.25, -0.2) is 0 Å². The van der Waals surface area contributed by atoms with E-state index in [1.807, 2.05) is 13.8 Å². The molecule has 4 N–H and O–H groups in total. The average molecular weight is 407 g/mol. The molecule has 0 aliphatic heterocycles. The predicted octanol–water partition coefficient (Wildman–Crippen LogP) is 7.63. The van der Waals surface area contributed by atoms with Crippen LogP contribution >= 0.6 is 0 Å². The Labute approximate surface area is 184 Å². The topological polar surface area (TPSA) is 52.0 Å². The summed E-state index contributed by atoms with van der Waals surface area (Å²) in [5.41, 5.74) is 15.7. The third-order valence-corrected chi connectivity index (χ3v) is 7.86. The molecule has 29 heavy (non-hydrogen) atoms. The third kappa shape index (κ3) is 6.20. The molecule has 2 aliphatic rings. The van der Waals surface area contributed by atoms with E-state index in [-0.39, 0.29) is 11.1 Å². The van der Waals surface area contributed by atoms with Crippen LogP contribution in [0.2, 0.25) is 0 Å². The molecule has 0 aromatic rings. The van der Waals surface area contributed by atoms with Gasteiger partial charge in [-0.15, -0.1) is 13.2 Å². The van der Waals surface area contributed by atoms with Crippen LogP contribution in [0.5, 0.6) is 0 Å². The highest BCUT2D eigenvalue weighted by atomic mass is 14.9. The standard InChI is InChI=1S/C23H44N2.C2H6.C2H4/c1-6-9-10-15-22(24)20(18(5)11-7-2)14-16-23(25)19(17(4)8-3)12-13-21(22)23;2*1-2/h18-21H,4,6-16,24-25H2,1-3,5H3;1-2H3;1-2H2. The van der Waals surface area contributed by atoms with Crippen molar-refractivity contribution in [2.75, 3.05) is 0 Å². The van der Waals surface area contributed by atoms with Crippen LogP contribution in [0.4, 0.5) is 0 Å². The number of hydrogen-bond acceptors (Lipinski definition) is 2. The number of unbranched alkanes of at least 4 members (excludes halogenated alkanes) is 2. The van der Waals surface area contributed by atoms with Crippen LogP contribution in [0.15, 0.2) is 25.3 Å². The zero-order chi connectivity index (χ0) is 22.7. The number of fused-ring (bicyclic) bond motifs is 1. The van der Waals surface area contributed by atoms with Crippen LogP contribution in [-0.4, -0.2) is 11.1 Å². The molecular formula is C27H54N2. The van der Waals surface area contributed by atoms with Crippen molar-refractivity contribution in [3.8, 4) is 0 Å². The second kappa shape index (κ2) is 13.7. The minimum atomic E-state index is -0.101. The van der Waals surface area contributed by atoms with E-state index >= 15 is 0 Å². The van der Waals surface area contributed by atoms with E-state index < -0.39 is 0 Å². The Bertz CT molecular complexity index is 459. The Kier molecular flexibility index (Phi) is 13.4. The minimum absolute atomic E-state index is 0.0699. The molecular weight excluding hydrogens is 352 g/mol. The Morgan fingerprint density at radius 3 is 2.14 bits per heavy atom. The summed E-state index contributed by atoms with van der Waals surface area (Å²) in [7, 11) is 0. The lowest BCUT2D eigenvalue weighted by Crippen LogP contribution is -2.68. The molecule has 172 valence electrons. The third-order valence-electron chi connectivity index (χ3n) is 7.86. The van der Waals surface area contributed by atoms with Gasteiger partial charge in [-0.2, -0.15) is 0 Å². The van der Waals surface area contributed by atoms with Crippen LogP contribution in [0.25, 0.3) is 0 Å². The molecule has 0 heterocycles. The Hall–Kier alpha value is -0.600. The largest absolute Gasteiger partial charge is 0.325 e. The molecule has 2 fully saturated rings. The molecule has 0 aromatic heterocycles. The molecule has 0 saturated heterocycles. The highest BCUT2D eigenvalue weighted by Crippen LogP contribution is 2.57. The maximum atomic E-state index is 7.34. The van der Waals surface area contributed by atoms with Gasteiger partial charge in [-0.05, 0) is 62.2 Å². The first-order valence-corrected chi connectivity index (χ1v) is 12.6. The summed E-state index contributed by atoms with van der Waals surface area (Å²) in [6, 6.07) is 0. The highest BCUT2D eigenvalue weighted by molar-refractivity contribution is 5.23. The second-order valence-corrected chi connectivity index (χ2v) is 9.29. The molecule has 2 saturated carbocycles. The smallest absolute Gasteiger partial charge is 0.0266 e. The van der Waals surface area contributed by atoms with E-state index in [1.54, 1.807) is 0 Å². The van der Waals surface area contributed by atoms with Crippen molar-refractivity contribution in [3.63, 3.8) is 0 Å². The molecule has 0 spiro atoms. The van der Waals surface area contributed by atoms with Gasteiger partial charge in [0.25, 0.3) is 0 Å².